The second-order valence-electron chi connectivity index (χ2n) is 6.07. The van der Waals surface area contributed by atoms with Crippen molar-refractivity contribution in [1.29, 1.82) is 0 Å². The van der Waals surface area contributed by atoms with Crippen molar-refractivity contribution in [3.8, 4) is 16.8 Å². The summed E-state index contributed by atoms with van der Waals surface area (Å²) in [5.74, 6) is 0. The maximum Gasteiger partial charge on any atom is 0.210 e. The SMILES string of the molecule is c1ccc(C[n+]2ccc(-c3cc[n+](-c4ccccc4)cc3)cc2)cc1. The van der Waals surface area contributed by atoms with Crippen molar-refractivity contribution in [3.05, 3.63) is 115 Å². The van der Waals surface area contributed by atoms with Crippen molar-refractivity contribution >= 4 is 0 Å². The van der Waals surface area contributed by atoms with Gasteiger partial charge in [-0.2, -0.15) is 4.57 Å². The molecule has 0 unspecified atom stereocenters. The van der Waals surface area contributed by atoms with Gasteiger partial charge >= 0.3 is 0 Å². The molecular formula is C23H20N2+2. The summed E-state index contributed by atoms with van der Waals surface area (Å²) in [6, 6.07) is 29.5. The van der Waals surface area contributed by atoms with Crippen molar-refractivity contribution in [2.24, 2.45) is 0 Å². The van der Waals surface area contributed by atoms with E-state index < -0.39 is 0 Å². The molecule has 0 amide bonds. The third-order valence-corrected chi connectivity index (χ3v) is 4.32. The standard InChI is InChI=1S/C23H20N2/c1-3-7-20(8-4-1)19-24-15-11-21(12-16-24)22-13-17-25(18-14-22)23-9-5-2-6-10-23/h1-18H,19H2/q+2. The molecule has 120 valence electrons. The van der Waals surface area contributed by atoms with Crippen LogP contribution in [-0.4, -0.2) is 0 Å². The first kappa shape index (κ1) is 15.3. The van der Waals surface area contributed by atoms with E-state index in [0.717, 1.165) is 6.54 Å². The van der Waals surface area contributed by atoms with Gasteiger partial charge in [0.05, 0.1) is 0 Å². The molecule has 0 radical (unpaired) electrons. The average Bonchev–Trinajstić information content (AvgIpc) is 2.70. The van der Waals surface area contributed by atoms with Gasteiger partial charge in [-0.05, 0) is 11.1 Å². The average molecular weight is 324 g/mol. The number of pyridine rings is 2. The van der Waals surface area contributed by atoms with Gasteiger partial charge in [-0.3, -0.25) is 0 Å². The number of aromatic nitrogens is 2. The quantitative estimate of drug-likeness (QED) is 0.502. The topological polar surface area (TPSA) is 7.76 Å². The van der Waals surface area contributed by atoms with Crippen molar-refractivity contribution in [3.63, 3.8) is 0 Å². The fourth-order valence-corrected chi connectivity index (χ4v) is 2.94. The Hall–Kier alpha value is -3.26. The molecule has 0 bridgehead atoms. The highest BCUT2D eigenvalue weighted by Crippen LogP contribution is 2.16. The van der Waals surface area contributed by atoms with Gasteiger partial charge < -0.3 is 0 Å². The molecule has 2 nitrogen and oxygen atoms in total. The van der Waals surface area contributed by atoms with E-state index >= 15 is 0 Å². The molecule has 4 aromatic rings. The van der Waals surface area contributed by atoms with Gasteiger partial charge in [-0.1, -0.05) is 48.5 Å². The molecule has 2 heteroatoms. The van der Waals surface area contributed by atoms with Crippen molar-refractivity contribution < 1.29 is 9.13 Å². The second kappa shape index (κ2) is 7.10. The van der Waals surface area contributed by atoms with Crippen LogP contribution in [0.4, 0.5) is 0 Å². The number of para-hydroxylation sites is 1. The van der Waals surface area contributed by atoms with E-state index in [-0.39, 0.29) is 0 Å². The Morgan fingerprint density at radius 1 is 0.520 bits per heavy atom. The molecule has 0 aliphatic rings. The van der Waals surface area contributed by atoms with Gasteiger partial charge in [-0.15, -0.1) is 0 Å². The molecule has 0 aliphatic heterocycles. The molecule has 25 heavy (non-hydrogen) atoms. The summed E-state index contributed by atoms with van der Waals surface area (Å²) in [6.07, 6.45) is 8.49. The normalized spacial score (nSPS) is 10.6. The highest BCUT2D eigenvalue weighted by molar-refractivity contribution is 5.61. The van der Waals surface area contributed by atoms with Gasteiger partial charge in [0.1, 0.15) is 0 Å². The lowest BCUT2D eigenvalue weighted by molar-refractivity contribution is -0.688. The summed E-state index contributed by atoms with van der Waals surface area (Å²) >= 11 is 0. The molecule has 0 fully saturated rings. The number of hydrogen-bond donors (Lipinski definition) is 0. The zero-order valence-corrected chi connectivity index (χ0v) is 14.0. The van der Waals surface area contributed by atoms with Crippen LogP contribution in [0.15, 0.2) is 110 Å². The third-order valence-electron chi connectivity index (χ3n) is 4.32. The lowest BCUT2D eigenvalue weighted by atomic mass is 10.1. The molecule has 2 aromatic heterocycles. The highest BCUT2D eigenvalue weighted by Gasteiger charge is 2.07. The van der Waals surface area contributed by atoms with Crippen LogP contribution in [0.5, 0.6) is 0 Å². The summed E-state index contributed by atoms with van der Waals surface area (Å²) in [6.45, 7) is 0.893. The first-order valence-electron chi connectivity index (χ1n) is 8.49. The van der Waals surface area contributed by atoms with Gasteiger partial charge in [0, 0.05) is 42.0 Å². The Morgan fingerprint density at radius 2 is 1.04 bits per heavy atom. The first-order chi connectivity index (χ1) is 12.4. The monoisotopic (exact) mass is 324 g/mol. The van der Waals surface area contributed by atoms with Crippen molar-refractivity contribution in [2.75, 3.05) is 0 Å². The zero-order valence-electron chi connectivity index (χ0n) is 14.0. The zero-order chi connectivity index (χ0) is 16.9. The molecule has 0 saturated heterocycles. The molecule has 2 aromatic carbocycles. The van der Waals surface area contributed by atoms with E-state index in [2.05, 4.69) is 107 Å². The third kappa shape index (κ3) is 3.64. The first-order valence-corrected chi connectivity index (χ1v) is 8.49. The predicted octanol–water partition coefficient (Wildman–Crippen LogP) is 3.97. The molecular weight excluding hydrogens is 304 g/mol. The Kier molecular flexibility index (Phi) is 4.34. The smallest absolute Gasteiger partial charge is 0.201 e. The van der Waals surface area contributed by atoms with Gasteiger partial charge in [0.25, 0.3) is 0 Å². The maximum atomic E-state index is 2.20. The molecule has 0 N–H and O–H groups in total. The molecule has 2 heterocycles. The Morgan fingerprint density at radius 3 is 1.64 bits per heavy atom. The van der Waals surface area contributed by atoms with E-state index in [4.69, 9.17) is 0 Å². The highest BCUT2D eigenvalue weighted by atomic mass is 14.9. The minimum atomic E-state index is 0.893. The maximum absolute atomic E-state index is 2.20. The minimum absolute atomic E-state index is 0.893. The van der Waals surface area contributed by atoms with Crippen LogP contribution < -0.4 is 9.13 Å². The summed E-state index contributed by atoms with van der Waals surface area (Å²) in [4.78, 5) is 0. The van der Waals surface area contributed by atoms with Crippen LogP contribution in [0.2, 0.25) is 0 Å². The molecule has 0 spiro atoms. The molecule has 0 atom stereocenters. The largest absolute Gasteiger partial charge is 0.210 e. The Balaban J connectivity index is 1.52. The number of benzene rings is 2. The number of hydrogen-bond acceptors (Lipinski definition) is 0. The van der Waals surface area contributed by atoms with Gasteiger partial charge in [-0.25, -0.2) is 4.57 Å². The van der Waals surface area contributed by atoms with E-state index in [1.54, 1.807) is 0 Å². The van der Waals surface area contributed by atoms with Crippen LogP contribution in [-0.2, 0) is 6.54 Å². The van der Waals surface area contributed by atoms with Crippen LogP contribution >= 0.6 is 0 Å². The van der Waals surface area contributed by atoms with E-state index in [9.17, 15) is 0 Å². The lowest BCUT2D eigenvalue weighted by Crippen LogP contribution is -2.33. The van der Waals surface area contributed by atoms with Crippen molar-refractivity contribution in [2.45, 2.75) is 6.54 Å². The Bertz CT molecular complexity index is 929. The van der Waals surface area contributed by atoms with E-state index in [0.29, 0.717) is 0 Å². The van der Waals surface area contributed by atoms with Crippen LogP contribution in [0, 0.1) is 0 Å². The van der Waals surface area contributed by atoms with Gasteiger partial charge in [0.15, 0.2) is 31.3 Å². The minimum Gasteiger partial charge on any atom is -0.201 e. The van der Waals surface area contributed by atoms with E-state index in [1.807, 2.05) is 12.1 Å². The summed E-state index contributed by atoms with van der Waals surface area (Å²) in [7, 11) is 0. The Labute approximate surface area is 148 Å². The molecule has 0 aliphatic carbocycles. The van der Waals surface area contributed by atoms with Crippen LogP contribution in [0.3, 0.4) is 0 Å². The van der Waals surface area contributed by atoms with Crippen LogP contribution in [0.25, 0.3) is 16.8 Å². The number of nitrogens with zero attached hydrogens (tertiary/aromatic N) is 2. The van der Waals surface area contributed by atoms with E-state index in [1.165, 1.54) is 22.4 Å². The predicted molar refractivity (Wildman–Crippen MR) is 99.1 cm³/mol. The number of rotatable bonds is 4. The van der Waals surface area contributed by atoms with Crippen molar-refractivity contribution in [1.82, 2.24) is 0 Å². The second-order valence-corrected chi connectivity index (χ2v) is 6.07. The van der Waals surface area contributed by atoms with Crippen LogP contribution in [0.1, 0.15) is 5.56 Å². The summed E-state index contributed by atoms with van der Waals surface area (Å²) < 4.78 is 4.33. The fourth-order valence-electron chi connectivity index (χ4n) is 2.94. The van der Waals surface area contributed by atoms with Gasteiger partial charge in [0.2, 0.25) is 5.69 Å². The fraction of sp³-hybridized carbons (Fsp3) is 0.0435. The summed E-state index contributed by atoms with van der Waals surface area (Å²) in [5.41, 5.74) is 4.93. The molecule has 0 saturated carbocycles. The summed E-state index contributed by atoms with van der Waals surface area (Å²) in [5, 5.41) is 0. The molecule has 4 rings (SSSR count). The lowest BCUT2D eigenvalue weighted by Gasteiger charge is -2.02.